The number of hydrogen-bond donors (Lipinski definition) is 2. The highest BCUT2D eigenvalue weighted by atomic mass is 32.1. The normalized spacial score (nSPS) is 10.8. The first-order valence-corrected chi connectivity index (χ1v) is 9.77. The molecular formula is C21H18N4O3S. The number of carbonyl (C=O) groups excluding carboxylic acids is 2. The van der Waals surface area contributed by atoms with Crippen molar-refractivity contribution in [2.45, 2.75) is 20.5 Å². The molecule has 0 atom stereocenters. The fourth-order valence-electron chi connectivity index (χ4n) is 2.90. The first-order valence-electron chi connectivity index (χ1n) is 8.95. The van der Waals surface area contributed by atoms with E-state index in [1.165, 1.54) is 17.5 Å². The van der Waals surface area contributed by atoms with E-state index in [1.54, 1.807) is 6.07 Å². The molecule has 7 nitrogen and oxygen atoms in total. The largest absolute Gasteiger partial charge is 0.486 e. The molecule has 0 radical (unpaired) electrons. The van der Waals surface area contributed by atoms with Crippen molar-refractivity contribution < 1.29 is 14.3 Å². The number of aromatic nitrogens is 3. The highest BCUT2D eigenvalue weighted by Gasteiger charge is 2.21. The standard InChI is InChI=1S/C21H18N4O3S/c1-12-7-8-13(2)17(9-12)28-11-18-24-25-21(29-18)23-20(27)19(26)15-10-22-16-6-4-3-5-14(15)16/h3-10,22H,11H2,1-2H3,(H,23,25,27). The molecule has 0 saturated heterocycles. The molecule has 8 heteroatoms. The van der Waals surface area contributed by atoms with E-state index in [1.807, 2.05) is 50.2 Å². The third-order valence-electron chi connectivity index (χ3n) is 4.42. The Morgan fingerprint density at radius 3 is 2.83 bits per heavy atom. The first-order chi connectivity index (χ1) is 14.0. The van der Waals surface area contributed by atoms with E-state index < -0.39 is 11.7 Å². The van der Waals surface area contributed by atoms with Crippen LogP contribution >= 0.6 is 11.3 Å². The molecule has 0 spiro atoms. The van der Waals surface area contributed by atoms with Gasteiger partial charge in [-0.1, -0.05) is 41.7 Å². The van der Waals surface area contributed by atoms with E-state index in [4.69, 9.17) is 4.74 Å². The monoisotopic (exact) mass is 406 g/mol. The zero-order valence-corrected chi connectivity index (χ0v) is 16.7. The van der Waals surface area contributed by atoms with E-state index >= 15 is 0 Å². The molecule has 4 rings (SSSR count). The fraction of sp³-hybridized carbons (Fsp3) is 0.143. The molecule has 2 aromatic heterocycles. The van der Waals surface area contributed by atoms with Crippen LogP contribution in [-0.2, 0) is 11.4 Å². The number of amides is 1. The minimum absolute atomic E-state index is 0.230. The van der Waals surface area contributed by atoms with Crippen molar-refractivity contribution in [3.63, 3.8) is 0 Å². The number of Topliss-reactive ketones (excluding diaryl/α,β-unsaturated/α-hetero) is 1. The highest BCUT2D eigenvalue weighted by molar-refractivity contribution is 7.15. The first kappa shape index (κ1) is 18.8. The molecule has 0 aliphatic rings. The molecule has 0 unspecified atom stereocenters. The molecule has 4 aromatic rings. The van der Waals surface area contributed by atoms with Gasteiger partial charge in [-0.15, -0.1) is 10.2 Å². The SMILES string of the molecule is Cc1ccc(C)c(OCc2nnc(NC(=O)C(=O)c3c[nH]c4ccccc34)s2)c1. The molecule has 1 amide bonds. The zero-order chi connectivity index (χ0) is 20.4. The van der Waals surface area contributed by atoms with Crippen molar-refractivity contribution in [2.75, 3.05) is 5.32 Å². The van der Waals surface area contributed by atoms with E-state index in [2.05, 4.69) is 20.5 Å². The molecule has 29 heavy (non-hydrogen) atoms. The number of aryl methyl sites for hydroxylation is 2. The third kappa shape index (κ3) is 4.02. The lowest BCUT2D eigenvalue weighted by Gasteiger charge is -2.07. The lowest BCUT2D eigenvalue weighted by molar-refractivity contribution is -0.112. The Morgan fingerprint density at radius 2 is 1.97 bits per heavy atom. The number of nitrogens with one attached hydrogen (secondary N) is 2. The number of hydrogen-bond acceptors (Lipinski definition) is 6. The molecular weight excluding hydrogens is 388 g/mol. The van der Waals surface area contributed by atoms with Crippen LogP contribution in [0.5, 0.6) is 5.75 Å². The van der Waals surface area contributed by atoms with Gasteiger partial charge >= 0.3 is 0 Å². The van der Waals surface area contributed by atoms with Gasteiger partial charge in [-0.05, 0) is 37.1 Å². The molecule has 2 heterocycles. The Balaban J connectivity index is 1.41. The topological polar surface area (TPSA) is 97.0 Å². The average molecular weight is 406 g/mol. The predicted octanol–water partition coefficient (Wildman–Crippen LogP) is 4.04. The number of carbonyl (C=O) groups is 2. The second-order valence-electron chi connectivity index (χ2n) is 6.59. The van der Waals surface area contributed by atoms with E-state index in [9.17, 15) is 9.59 Å². The Bertz CT molecular complexity index is 1210. The number of H-pyrrole nitrogens is 1. The van der Waals surface area contributed by atoms with Gasteiger partial charge in [0.25, 0.3) is 11.7 Å². The van der Waals surface area contributed by atoms with E-state index in [0.29, 0.717) is 16.0 Å². The fourth-order valence-corrected chi connectivity index (χ4v) is 3.55. The van der Waals surface area contributed by atoms with Gasteiger partial charge in [-0.3, -0.25) is 14.9 Å². The van der Waals surface area contributed by atoms with Crippen LogP contribution in [0, 0.1) is 13.8 Å². The minimum atomic E-state index is -0.757. The van der Waals surface area contributed by atoms with Crippen LogP contribution < -0.4 is 10.1 Å². The molecule has 2 aromatic carbocycles. The van der Waals surface area contributed by atoms with Crippen LogP contribution in [-0.4, -0.2) is 26.9 Å². The number of ether oxygens (including phenoxy) is 1. The van der Waals surface area contributed by atoms with Crippen LogP contribution in [0.15, 0.2) is 48.7 Å². The summed E-state index contributed by atoms with van der Waals surface area (Å²) >= 11 is 1.17. The predicted molar refractivity (Wildman–Crippen MR) is 111 cm³/mol. The van der Waals surface area contributed by atoms with Crippen LogP contribution in [0.3, 0.4) is 0 Å². The van der Waals surface area contributed by atoms with Crippen molar-refractivity contribution >= 4 is 39.1 Å². The maximum absolute atomic E-state index is 12.5. The quantitative estimate of drug-likeness (QED) is 0.372. The van der Waals surface area contributed by atoms with Crippen molar-refractivity contribution in [3.05, 3.63) is 70.4 Å². The summed E-state index contributed by atoms with van der Waals surface area (Å²) in [6.45, 7) is 4.20. The van der Waals surface area contributed by atoms with Gasteiger partial charge < -0.3 is 9.72 Å². The number of para-hydroxylation sites is 1. The maximum Gasteiger partial charge on any atom is 0.298 e. The Labute approximate surface area is 170 Å². The molecule has 0 fully saturated rings. The van der Waals surface area contributed by atoms with E-state index in [0.717, 1.165) is 22.4 Å². The van der Waals surface area contributed by atoms with Gasteiger partial charge in [-0.2, -0.15) is 0 Å². The Hall–Kier alpha value is -3.52. The Kier molecular flexibility index (Phi) is 5.09. The smallest absolute Gasteiger partial charge is 0.298 e. The number of anilines is 1. The second-order valence-corrected chi connectivity index (χ2v) is 7.65. The van der Waals surface area contributed by atoms with Gasteiger partial charge in [0.1, 0.15) is 12.4 Å². The highest BCUT2D eigenvalue weighted by Crippen LogP contribution is 2.23. The molecule has 146 valence electrons. The van der Waals surface area contributed by atoms with Gasteiger partial charge in [-0.25, -0.2) is 0 Å². The summed E-state index contributed by atoms with van der Waals surface area (Å²) in [5.41, 5.74) is 3.25. The van der Waals surface area contributed by atoms with Crippen molar-refractivity contribution in [3.8, 4) is 5.75 Å². The van der Waals surface area contributed by atoms with Gasteiger partial charge in [0, 0.05) is 17.1 Å². The summed E-state index contributed by atoms with van der Waals surface area (Å²) in [6.07, 6.45) is 1.54. The average Bonchev–Trinajstić information content (AvgIpc) is 3.35. The lowest BCUT2D eigenvalue weighted by Crippen LogP contribution is -2.22. The van der Waals surface area contributed by atoms with Crippen LogP contribution in [0.1, 0.15) is 26.5 Å². The minimum Gasteiger partial charge on any atom is -0.486 e. The van der Waals surface area contributed by atoms with Crippen molar-refractivity contribution in [1.82, 2.24) is 15.2 Å². The van der Waals surface area contributed by atoms with Gasteiger partial charge in [0.05, 0.1) is 5.56 Å². The third-order valence-corrected chi connectivity index (χ3v) is 5.23. The molecule has 0 bridgehead atoms. The lowest BCUT2D eigenvalue weighted by atomic mass is 10.1. The number of nitrogens with zero attached hydrogens (tertiary/aromatic N) is 2. The summed E-state index contributed by atoms with van der Waals surface area (Å²) < 4.78 is 5.80. The molecule has 0 aliphatic heterocycles. The number of benzene rings is 2. The number of aromatic amines is 1. The van der Waals surface area contributed by atoms with Crippen LogP contribution in [0.2, 0.25) is 0 Å². The zero-order valence-electron chi connectivity index (χ0n) is 15.9. The van der Waals surface area contributed by atoms with Gasteiger partial charge in [0.2, 0.25) is 5.13 Å². The van der Waals surface area contributed by atoms with Crippen molar-refractivity contribution in [1.29, 1.82) is 0 Å². The summed E-state index contributed by atoms with van der Waals surface area (Å²) in [7, 11) is 0. The number of rotatable bonds is 6. The summed E-state index contributed by atoms with van der Waals surface area (Å²) in [4.78, 5) is 27.9. The second kappa shape index (κ2) is 7.84. The van der Waals surface area contributed by atoms with Gasteiger partial charge in [0.15, 0.2) is 5.01 Å². The number of fused-ring (bicyclic) bond motifs is 1. The van der Waals surface area contributed by atoms with Crippen LogP contribution in [0.25, 0.3) is 10.9 Å². The molecule has 0 saturated carbocycles. The van der Waals surface area contributed by atoms with Crippen molar-refractivity contribution in [2.24, 2.45) is 0 Å². The molecule has 2 N–H and O–H groups in total. The summed E-state index contributed by atoms with van der Waals surface area (Å²) in [5, 5.41) is 12.0. The van der Waals surface area contributed by atoms with E-state index in [-0.39, 0.29) is 11.7 Å². The molecule has 0 aliphatic carbocycles. The van der Waals surface area contributed by atoms with Crippen LogP contribution in [0.4, 0.5) is 5.13 Å². The number of ketones is 1. The summed E-state index contributed by atoms with van der Waals surface area (Å²) in [5.74, 6) is -0.612. The maximum atomic E-state index is 12.5. The summed E-state index contributed by atoms with van der Waals surface area (Å²) in [6, 6.07) is 13.3. The Morgan fingerprint density at radius 1 is 1.14 bits per heavy atom.